The minimum Gasteiger partial charge on any atom is -0.450 e. The highest BCUT2D eigenvalue weighted by atomic mass is 28.4. The van der Waals surface area contributed by atoms with Gasteiger partial charge in [0.2, 0.25) is 6.36 Å². The van der Waals surface area contributed by atoms with E-state index in [1.54, 1.807) is 30.3 Å². The molecule has 1 N–H and O–H groups in total. The first-order valence-electron chi connectivity index (χ1n) is 11.5. The Morgan fingerprint density at radius 2 is 1.59 bits per heavy atom. The van der Waals surface area contributed by atoms with Gasteiger partial charge < -0.3 is 23.7 Å². The normalized spacial score (nSPS) is 25.7. The van der Waals surface area contributed by atoms with Crippen LogP contribution in [0.4, 0.5) is 4.39 Å². The van der Waals surface area contributed by atoms with Crippen LogP contribution < -0.4 is 0 Å². The Hall–Kier alpha value is -2.10. The summed E-state index contributed by atoms with van der Waals surface area (Å²) in [6.07, 6.45) is -6.11. The fourth-order valence-electron chi connectivity index (χ4n) is 3.52. The molecule has 8 heteroatoms. The van der Waals surface area contributed by atoms with E-state index in [-0.39, 0.29) is 11.6 Å². The maximum atomic E-state index is 15.3. The summed E-state index contributed by atoms with van der Waals surface area (Å²) in [7, 11) is -2.46. The number of carbonyl (C=O) groups excluding carboxylic acids is 1. The zero-order valence-corrected chi connectivity index (χ0v) is 21.4. The average Bonchev–Trinajstić information content (AvgIpc) is 2.80. The van der Waals surface area contributed by atoms with Crippen molar-refractivity contribution in [1.82, 2.24) is 0 Å². The molecular weight excluding hydrogens is 455 g/mol. The quantitative estimate of drug-likeness (QED) is 0.420. The number of ether oxygens (including phenoxy) is 3. The number of hydrogen-bond acceptors (Lipinski definition) is 6. The first kappa shape index (κ1) is 26.5. The van der Waals surface area contributed by atoms with Crippen molar-refractivity contribution in [3.63, 3.8) is 0 Å². The van der Waals surface area contributed by atoms with Gasteiger partial charge in [-0.2, -0.15) is 0 Å². The summed E-state index contributed by atoms with van der Waals surface area (Å²) in [4.78, 5) is 12.8. The van der Waals surface area contributed by atoms with Crippen molar-refractivity contribution in [2.75, 3.05) is 6.61 Å². The molecule has 0 radical (unpaired) electrons. The fourth-order valence-corrected chi connectivity index (χ4v) is 4.83. The summed E-state index contributed by atoms with van der Waals surface area (Å²) in [5.74, 6) is -0.676. The number of carbonyl (C=O) groups is 1. The Morgan fingerprint density at radius 1 is 1.00 bits per heavy atom. The van der Waals surface area contributed by atoms with E-state index >= 15 is 4.39 Å². The molecule has 5 atom stereocenters. The van der Waals surface area contributed by atoms with Crippen LogP contribution in [0.2, 0.25) is 18.1 Å². The van der Waals surface area contributed by atoms with Gasteiger partial charge in [0.25, 0.3) is 0 Å². The average molecular weight is 491 g/mol. The number of aliphatic hydroxyl groups is 1. The molecule has 0 bridgehead atoms. The monoisotopic (exact) mass is 490 g/mol. The van der Waals surface area contributed by atoms with Crippen LogP contribution in [0.1, 0.15) is 36.7 Å². The first-order chi connectivity index (χ1) is 16.0. The fraction of sp³-hybridized carbons (Fsp3) is 0.500. The molecule has 0 spiro atoms. The zero-order valence-electron chi connectivity index (χ0n) is 20.4. The van der Waals surface area contributed by atoms with E-state index in [0.717, 1.165) is 5.56 Å². The standard InChI is InChI=1S/C26H35FO6Si/c1-26(2,3)34(4,5)33-22-21(30-17-18-12-8-6-9-13-18)20(16-28)31-24(27)23(22)32-25(29)19-14-10-7-11-15-19/h6-15,20-24,28H,16-17H2,1-5H3/t20-,21-,22+,23-,24-/m1/s1. The van der Waals surface area contributed by atoms with E-state index in [1.165, 1.54) is 0 Å². The molecule has 0 amide bonds. The second-order valence-electron chi connectivity index (χ2n) is 10.0. The van der Waals surface area contributed by atoms with Crippen LogP contribution >= 0.6 is 0 Å². The molecular formula is C26H35FO6Si. The highest BCUT2D eigenvalue weighted by Gasteiger charge is 2.53. The smallest absolute Gasteiger partial charge is 0.338 e. The van der Waals surface area contributed by atoms with Crippen molar-refractivity contribution in [1.29, 1.82) is 0 Å². The molecule has 2 aromatic carbocycles. The molecule has 1 fully saturated rings. The lowest BCUT2D eigenvalue weighted by atomic mass is 9.99. The van der Waals surface area contributed by atoms with Crippen LogP contribution in [0.15, 0.2) is 60.7 Å². The largest absolute Gasteiger partial charge is 0.450 e. The molecule has 6 nitrogen and oxygen atoms in total. The lowest BCUT2D eigenvalue weighted by molar-refractivity contribution is -0.270. The van der Waals surface area contributed by atoms with Gasteiger partial charge in [0.05, 0.1) is 18.8 Å². The van der Waals surface area contributed by atoms with Crippen LogP contribution in [0.3, 0.4) is 0 Å². The predicted molar refractivity (Wildman–Crippen MR) is 130 cm³/mol. The number of aliphatic hydroxyl groups excluding tert-OH is 1. The van der Waals surface area contributed by atoms with Gasteiger partial charge in [-0.3, -0.25) is 0 Å². The number of benzene rings is 2. The Bertz CT molecular complexity index is 918. The van der Waals surface area contributed by atoms with Crippen molar-refractivity contribution in [2.24, 2.45) is 0 Å². The molecule has 1 aliphatic rings. The van der Waals surface area contributed by atoms with Gasteiger partial charge in [0, 0.05) is 0 Å². The van der Waals surface area contributed by atoms with Crippen LogP contribution in [0, 0.1) is 0 Å². The number of hydrogen-bond donors (Lipinski definition) is 1. The van der Waals surface area contributed by atoms with Gasteiger partial charge in [-0.15, -0.1) is 0 Å². The topological polar surface area (TPSA) is 74.2 Å². The molecule has 0 aliphatic carbocycles. The molecule has 0 saturated carbocycles. The van der Waals surface area contributed by atoms with Gasteiger partial charge in [-0.25, -0.2) is 9.18 Å². The molecule has 34 heavy (non-hydrogen) atoms. The first-order valence-corrected chi connectivity index (χ1v) is 14.4. The van der Waals surface area contributed by atoms with Gasteiger partial charge in [0.1, 0.15) is 18.3 Å². The maximum absolute atomic E-state index is 15.3. The lowest BCUT2D eigenvalue weighted by Gasteiger charge is -2.48. The van der Waals surface area contributed by atoms with Crippen LogP contribution in [-0.2, 0) is 25.2 Å². The highest BCUT2D eigenvalue weighted by molar-refractivity contribution is 6.74. The van der Waals surface area contributed by atoms with Crippen molar-refractivity contribution in [3.05, 3.63) is 71.8 Å². The van der Waals surface area contributed by atoms with Crippen LogP contribution in [0.5, 0.6) is 0 Å². The van der Waals surface area contributed by atoms with Gasteiger partial charge >= 0.3 is 5.97 Å². The second kappa shape index (κ2) is 11.1. The third-order valence-electron chi connectivity index (χ3n) is 6.53. The van der Waals surface area contributed by atoms with E-state index in [0.29, 0.717) is 5.56 Å². The van der Waals surface area contributed by atoms with E-state index in [9.17, 15) is 9.90 Å². The van der Waals surface area contributed by atoms with Crippen LogP contribution in [0.25, 0.3) is 0 Å². The third kappa shape index (κ3) is 6.31. The van der Waals surface area contributed by atoms with E-state index in [4.69, 9.17) is 18.6 Å². The summed E-state index contributed by atoms with van der Waals surface area (Å²) in [5, 5.41) is 9.78. The molecule has 186 valence electrons. The third-order valence-corrected chi connectivity index (χ3v) is 11.0. The van der Waals surface area contributed by atoms with Crippen molar-refractivity contribution >= 4 is 14.3 Å². The zero-order chi connectivity index (χ0) is 24.9. The number of esters is 1. The molecule has 3 rings (SSSR count). The predicted octanol–water partition coefficient (Wildman–Crippen LogP) is 4.87. The summed E-state index contributed by atoms with van der Waals surface area (Å²) < 4.78 is 39.1. The second-order valence-corrected chi connectivity index (χ2v) is 14.8. The number of halogens is 1. The van der Waals surface area contributed by atoms with Gasteiger partial charge in [-0.1, -0.05) is 69.3 Å². The van der Waals surface area contributed by atoms with Gasteiger partial charge in [-0.05, 0) is 35.8 Å². The Kier molecular flexibility index (Phi) is 8.65. The SMILES string of the molecule is CC(C)(C)[Si](C)(C)O[C@@H]1[C@@H](OC(=O)c2ccccc2)[C@H](F)O[C@H](CO)[C@H]1OCc1ccccc1. The minimum absolute atomic E-state index is 0.191. The van der Waals surface area contributed by atoms with Crippen molar-refractivity contribution in [3.8, 4) is 0 Å². The summed E-state index contributed by atoms with van der Waals surface area (Å²) in [5.41, 5.74) is 1.21. The molecule has 2 aromatic rings. The van der Waals surface area contributed by atoms with E-state index in [1.807, 2.05) is 43.4 Å². The Labute approximate surface area is 202 Å². The molecule has 1 aliphatic heterocycles. The molecule has 1 heterocycles. The Morgan fingerprint density at radius 3 is 2.15 bits per heavy atom. The number of rotatable bonds is 8. The maximum Gasteiger partial charge on any atom is 0.338 e. The van der Waals surface area contributed by atoms with E-state index < -0.39 is 51.7 Å². The van der Waals surface area contributed by atoms with Crippen molar-refractivity contribution < 1.29 is 32.9 Å². The number of alkyl halides is 1. The summed E-state index contributed by atoms with van der Waals surface area (Å²) >= 11 is 0. The molecule has 0 unspecified atom stereocenters. The minimum atomic E-state index is -2.46. The van der Waals surface area contributed by atoms with Gasteiger partial charge in [0.15, 0.2) is 14.4 Å². The Balaban J connectivity index is 1.92. The van der Waals surface area contributed by atoms with E-state index in [2.05, 4.69) is 20.8 Å². The summed E-state index contributed by atoms with van der Waals surface area (Å²) in [6.45, 7) is 10.0. The summed E-state index contributed by atoms with van der Waals surface area (Å²) in [6, 6.07) is 17.9. The molecule has 1 saturated heterocycles. The van der Waals surface area contributed by atoms with Crippen molar-refractivity contribution in [2.45, 2.75) is 76.3 Å². The lowest BCUT2D eigenvalue weighted by Crippen LogP contribution is -2.63. The molecule has 0 aromatic heterocycles. The van der Waals surface area contributed by atoms with Crippen LogP contribution in [-0.4, -0.2) is 56.8 Å². The highest BCUT2D eigenvalue weighted by Crippen LogP contribution is 2.40.